The number of aliphatic hydroxyl groups is 1. The van der Waals surface area contributed by atoms with Crippen LogP contribution in [0, 0.1) is 0 Å². The molecule has 0 aliphatic heterocycles. The molecule has 1 nitrogen and oxygen atoms in total. The van der Waals surface area contributed by atoms with Gasteiger partial charge < -0.3 is 5.11 Å². The van der Waals surface area contributed by atoms with E-state index in [2.05, 4.69) is 6.08 Å². The number of benzene rings is 1. The van der Waals surface area contributed by atoms with E-state index in [9.17, 15) is 0 Å². The zero-order valence-electron chi connectivity index (χ0n) is 8.42. The molecule has 0 amide bonds. The first-order chi connectivity index (χ1) is 7.24. The van der Waals surface area contributed by atoms with Gasteiger partial charge in [-0.05, 0) is 37.0 Å². The Morgan fingerprint density at radius 3 is 2.67 bits per heavy atom. The zero-order chi connectivity index (χ0) is 11.1. The van der Waals surface area contributed by atoms with E-state index in [0.717, 1.165) is 24.8 Å². The summed E-state index contributed by atoms with van der Waals surface area (Å²) in [5, 5.41) is 9.92. The van der Waals surface area contributed by atoms with Crippen molar-refractivity contribution in [1.29, 1.82) is 0 Å². The minimum atomic E-state index is 0.259. The molecule has 0 atom stereocenters. The molecule has 3 heteroatoms. The number of halogens is 2. The molecule has 0 aliphatic carbocycles. The van der Waals surface area contributed by atoms with Crippen LogP contribution in [0.1, 0.15) is 24.8 Å². The quantitative estimate of drug-likeness (QED) is 0.772. The third kappa shape index (κ3) is 4.70. The summed E-state index contributed by atoms with van der Waals surface area (Å²) in [6.07, 6.45) is 6.84. The number of allylic oxidation sites excluding steroid dienone is 1. The maximum absolute atomic E-state index is 8.60. The van der Waals surface area contributed by atoms with Crippen LogP contribution in [0.4, 0.5) is 0 Å². The fourth-order valence-corrected chi connectivity index (χ4v) is 1.69. The molecule has 15 heavy (non-hydrogen) atoms. The first-order valence-corrected chi connectivity index (χ1v) is 5.72. The van der Waals surface area contributed by atoms with E-state index < -0.39 is 0 Å². The normalized spacial score (nSPS) is 11.1. The summed E-state index contributed by atoms with van der Waals surface area (Å²) in [5.41, 5.74) is 0.977. The van der Waals surface area contributed by atoms with E-state index in [-0.39, 0.29) is 6.61 Å². The maximum atomic E-state index is 8.60. The molecule has 0 aromatic heterocycles. The molecule has 0 bridgehead atoms. The Hall–Kier alpha value is -0.500. The highest BCUT2D eigenvalue weighted by atomic mass is 35.5. The second kappa shape index (κ2) is 6.89. The lowest BCUT2D eigenvalue weighted by atomic mass is 10.1. The lowest BCUT2D eigenvalue weighted by molar-refractivity contribution is 0.285. The molecule has 1 rings (SSSR count). The van der Waals surface area contributed by atoms with Crippen molar-refractivity contribution >= 4 is 29.3 Å². The van der Waals surface area contributed by atoms with Crippen LogP contribution in [0.15, 0.2) is 24.3 Å². The van der Waals surface area contributed by atoms with Gasteiger partial charge in [-0.15, -0.1) is 0 Å². The van der Waals surface area contributed by atoms with Crippen LogP contribution in [0.25, 0.3) is 6.08 Å². The van der Waals surface area contributed by atoms with Gasteiger partial charge in [-0.3, -0.25) is 0 Å². The van der Waals surface area contributed by atoms with Crippen LogP contribution >= 0.6 is 23.2 Å². The molecule has 0 aliphatic rings. The van der Waals surface area contributed by atoms with E-state index in [0.29, 0.717) is 10.0 Å². The van der Waals surface area contributed by atoms with E-state index in [1.165, 1.54) is 0 Å². The van der Waals surface area contributed by atoms with Gasteiger partial charge >= 0.3 is 0 Å². The van der Waals surface area contributed by atoms with Gasteiger partial charge in [0, 0.05) is 16.7 Å². The summed E-state index contributed by atoms with van der Waals surface area (Å²) in [6, 6.07) is 5.45. The van der Waals surface area contributed by atoms with E-state index in [1.807, 2.05) is 18.2 Å². The second-order valence-corrected chi connectivity index (χ2v) is 4.13. The van der Waals surface area contributed by atoms with Crippen molar-refractivity contribution in [3.8, 4) is 0 Å². The predicted octanol–water partition coefficient (Wildman–Crippen LogP) is 4.17. The van der Waals surface area contributed by atoms with Crippen molar-refractivity contribution in [3.63, 3.8) is 0 Å². The molecular weight excluding hydrogens is 231 g/mol. The minimum Gasteiger partial charge on any atom is -0.396 e. The largest absolute Gasteiger partial charge is 0.396 e. The van der Waals surface area contributed by atoms with Crippen LogP contribution < -0.4 is 0 Å². The van der Waals surface area contributed by atoms with Crippen molar-refractivity contribution in [2.24, 2.45) is 0 Å². The third-order valence-corrected chi connectivity index (χ3v) is 2.60. The molecule has 0 spiro atoms. The van der Waals surface area contributed by atoms with Gasteiger partial charge in [0.2, 0.25) is 0 Å². The van der Waals surface area contributed by atoms with E-state index in [1.54, 1.807) is 6.07 Å². The molecule has 0 fully saturated rings. The standard InChI is InChI=1S/C12H14Cl2O/c13-11-7-6-10(12(14)9-11)5-3-1-2-4-8-15/h3,5-7,9,15H,1-2,4,8H2/b5-3-. The zero-order valence-corrected chi connectivity index (χ0v) is 9.93. The molecule has 0 radical (unpaired) electrons. The van der Waals surface area contributed by atoms with Gasteiger partial charge in [-0.1, -0.05) is 41.4 Å². The van der Waals surface area contributed by atoms with Crippen molar-refractivity contribution in [3.05, 3.63) is 39.9 Å². The van der Waals surface area contributed by atoms with Crippen LogP contribution in [-0.2, 0) is 0 Å². The van der Waals surface area contributed by atoms with Gasteiger partial charge in [-0.25, -0.2) is 0 Å². The van der Waals surface area contributed by atoms with Crippen LogP contribution in [-0.4, -0.2) is 11.7 Å². The van der Waals surface area contributed by atoms with Gasteiger partial charge in [0.15, 0.2) is 0 Å². The molecule has 1 aromatic carbocycles. The number of rotatable bonds is 5. The second-order valence-electron chi connectivity index (χ2n) is 3.29. The van der Waals surface area contributed by atoms with E-state index in [4.69, 9.17) is 28.3 Å². The Morgan fingerprint density at radius 2 is 2.00 bits per heavy atom. The molecule has 1 N–H and O–H groups in total. The van der Waals surface area contributed by atoms with Gasteiger partial charge in [0.1, 0.15) is 0 Å². The van der Waals surface area contributed by atoms with E-state index >= 15 is 0 Å². The number of aliphatic hydroxyl groups excluding tert-OH is 1. The van der Waals surface area contributed by atoms with Gasteiger partial charge in [0.25, 0.3) is 0 Å². The molecular formula is C12H14Cl2O. The first-order valence-electron chi connectivity index (χ1n) is 4.96. The number of hydrogen-bond acceptors (Lipinski definition) is 1. The predicted molar refractivity (Wildman–Crippen MR) is 66.4 cm³/mol. The summed E-state index contributed by atoms with van der Waals surface area (Å²) in [6.45, 7) is 0.259. The fourth-order valence-electron chi connectivity index (χ4n) is 1.22. The summed E-state index contributed by atoms with van der Waals surface area (Å²) in [7, 11) is 0. The lowest BCUT2D eigenvalue weighted by Gasteiger charge is -1.98. The van der Waals surface area contributed by atoms with Crippen LogP contribution in [0.5, 0.6) is 0 Å². The average molecular weight is 245 g/mol. The molecule has 82 valence electrons. The van der Waals surface area contributed by atoms with Gasteiger partial charge in [-0.2, -0.15) is 0 Å². The topological polar surface area (TPSA) is 20.2 Å². The minimum absolute atomic E-state index is 0.259. The Bertz CT molecular complexity index is 334. The SMILES string of the molecule is OCCCC/C=C\c1ccc(Cl)cc1Cl. The smallest absolute Gasteiger partial charge is 0.0493 e. The van der Waals surface area contributed by atoms with Crippen molar-refractivity contribution in [2.75, 3.05) is 6.61 Å². The van der Waals surface area contributed by atoms with Crippen molar-refractivity contribution in [1.82, 2.24) is 0 Å². The molecule has 1 aromatic rings. The monoisotopic (exact) mass is 244 g/mol. The highest BCUT2D eigenvalue weighted by molar-refractivity contribution is 6.35. The molecule has 0 saturated heterocycles. The lowest BCUT2D eigenvalue weighted by Crippen LogP contribution is -1.80. The first kappa shape index (κ1) is 12.6. The Balaban J connectivity index is 2.49. The Labute approximate surface area is 100 Å². The Morgan fingerprint density at radius 1 is 1.20 bits per heavy atom. The fraction of sp³-hybridized carbons (Fsp3) is 0.333. The van der Waals surface area contributed by atoms with Crippen molar-refractivity contribution < 1.29 is 5.11 Å². The summed E-state index contributed by atoms with van der Waals surface area (Å²) in [5.74, 6) is 0. The molecule has 0 heterocycles. The third-order valence-electron chi connectivity index (χ3n) is 2.04. The molecule has 0 saturated carbocycles. The molecule has 0 unspecified atom stereocenters. The van der Waals surface area contributed by atoms with Crippen molar-refractivity contribution in [2.45, 2.75) is 19.3 Å². The van der Waals surface area contributed by atoms with Crippen LogP contribution in [0.2, 0.25) is 10.0 Å². The highest BCUT2D eigenvalue weighted by Crippen LogP contribution is 2.22. The maximum Gasteiger partial charge on any atom is 0.0493 e. The van der Waals surface area contributed by atoms with Gasteiger partial charge in [0.05, 0.1) is 0 Å². The van der Waals surface area contributed by atoms with Crippen LogP contribution in [0.3, 0.4) is 0 Å². The summed E-state index contributed by atoms with van der Waals surface area (Å²) >= 11 is 11.8. The summed E-state index contributed by atoms with van der Waals surface area (Å²) in [4.78, 5) is 0. The Kier molecular flexibility index (Phi) is 5.77. The highest BCUT2D eigenvalue weighted by Gasteiger charge is 1.96. The number of hydrogen-bond donors (Lipinski definition) is 1. The number of unbranched alkanes of at least 4 members (excludes halogenated alkanes) is 2. The summed E-state index contributed by atoms with van der Waals surface area (Å²) < 4.78 is 0. The average Bonchev–Trinajstić information content (AvgIpc) is 2.20.